The third-order valence-corrected chi connectivity index (χ3v) is 4.76. The largest absolute Gasteiger partial charge is 0.348 e. The van der Waals surface area contributed by atoms with Crippen LogP contribution in [0.5, 0.6) is 0 Å². The first kappa shape index (κ1) is 18.8. The van der Waals surface area contributed by atoms with Gasteiger partial charge >= 0.3 is 5.69 Å². The molecule has 0 aliphatic carbocycles. The molecular weight excluding hydrogens is 368 g/mol. The van der Waals surface area contributed by atoms with Gasteiger partial charge in [-0.05, 0) is 37.1 Å². The molecule has 7 nitrogen and oxygen atoms in total. The van der Waals surface area contributed by atoms with Crippen molar-refractivity contribution in [2.45, 2.75) is 19.4 Å². The number of rotatable bonds is 4. The van der Waals surface area contributed by atoms with Crippen molar-refractivity contribution in [3.05, 3.63) is 73.5 Å². The Morgan fingerprint density at radius 2 is 1.85 bits per heavy atom. The number of hydrogen-bond donors (Lipinski definition) is 1. The van der Waals surface area contributed by atoms with Crippen LogP contribution < -0.4 is 16.6 Å². The van der Waals surface area contributed by atoms with Gasteiger partial charge < -0.3 is 5.32 Å². The van der Waals surface area contributed by atoms with Gasteiger partial charge in [-0.15, -0.1) is 0 Å². The highest BCUT2D eigenvalue weighted by Gasteiger charge is 2.16. The SMILES string of the molecule is C[C@H](Cc1ccccc1Cl)NC(=O)c1ccc2c(=O)n(C)c(=O)n(C)c2n1. The second-order valence-corrected chi connectivity index (χ2v) is 6.85. The molecule has 3 aromatic rings. The number of carbonyl (C=O) groups excluding carboxylic acids is 1. The van der Waals surface area contributed by atoms with Gasteiger partial charge in [0.25, 0.3) is 11.5 Å². The lowest BCUT2D eigenvalue weighted by molar-refractivity contribution is 0.0935. The van der Waals surface area contributed by atoms with Gasteiger partial charge in [0.2, 0.25) is 0 Å². The average Bonchev–Trinajstić information content (AvgIpc) is 2.66. The number of amides is 1. The Bertz CT molecular complexity index is 1150. The molecule has 0 radical (unpaired) electrons. The minimum Gasteiger partial charge on any atom is -0.348 e. The van der Waals surface area contributed by atoms with Crippen LogP contribution in [0.15, 0.2) is 46.0 Å². The molecule has 0 aliphatic rings. The van der Waals surface area contributed by atoms with Crippen LogP contribution in [0.1, 0.15) is 23.0 Å². The fourth-order valence-electron chi connectivity index (χ4n) is 2.92. The molecule has 2 aromatic heterocycles. The van der Waals surface area contributed by atoms with Gasteiger partial charge in [-0.2, -0.15) is 0 Å². The van der Waals surface area contributed by atoms with E-state index in [-0.39, 0.29) is 28.7 Å². The van der Waals surface area contributed by atoms with Gasteiger partial charge in [-0.3, -0.25) is 18.7 Å². The monoisotopic (exact) mass is 386 g/mol. The number of hydrogen-bond acceptors (Lipinski definition) is 4. The van der Waals surface area contributed by atoms with Crippen LogP contribution in [0.4, 0.5) is 0 Å². The first-order chi connectivity index (χ1) is 12.8. The summed E-state index contributed by atoms with van der Waals surface area (Å²) in [4.78, 5) is 41.0. The molecule has 1 aromatic carbocycles. The number of pyridine rings is 1. The summed E-state index contributed by atoms with van der Waals surface area (Å²) in [6.07, 6.45) is 0.567. The van der Waals surface area contributed by atoms with E-state index < -0.39 is 11.2 Å². The molecule has 27 heavy (non-hydrogen) atoms. The molecule has 1 atom stereocenters. The molecule has 3 rings (SSSR count). The van der Waals surface area contributed by atoms with Gasteiger partial charge in [0.05, 0.1) is 5.39 Å². The predicted molar refractivity (Wildman–Crippen MR) is 104 cm³/mol. The van der Waals surface area contributed by atoms with Crippen molar-refractivity contribution < 1.29 is 4.79 Å². The van der Waals surface area contributed by atoms with E-state index in [0.717, 1.165) is 10.1 Å². The van der Waals surface area contributed by atoms with Gasteiger partial charge in [0.15, 0.2) is 0 Å². The first-order valence-electron chi connectivity index (χ1n) is 8.40. The van der Waals surface area contributed by atoms with Crippen LogP contribution in [-0.2, 0) is 20.5 Å². The van der Waals surface area contributed by atoms with E-state index in [9.17, 15) is 14.4 Å². The highest BCUT2D eigenvalue weighted by atomic mass is 35.5. The van der Waals surface area contributed by atoms with Gasteiger partial charge in [-0.1, -0.05) is 29.8 Å². The van der Waals surface area contributed by atoms with Crippen LogP contribution in [0.25, 0.3) is 11.0 Å². The number of fused-ring (bicyclic) bond motifs is 1. The number of nitrogens with one attached hydrogen (secondary N) is 1. The molecule has 0 saturated carbocycles. The minimum absolute atomic E-state index is 0.136. The number of halogens is 1. The summed E-state index contributed by atoms with van der Waals surface area (Å²) in [7, 11) is 2.92. The Morgan fingerprint density at radius 3 is 2.56 bits per heavy atom. The Balaban J connectivity index is 1.87. The smallest absolute Gasteiger partial charge is 0.332 e. The van der Waals surface area contributed by atoms with E-state index in [1.807, 2.05) is 25.1 Å². The van der Waals surface area contributed by atoms with Gasteiger partial charge in [0, 0.05) is 25.2 Å². The van der Waals surface area contributed by atoms with Gasteiger partial charge in [0.1, 0.15) is 11.3 Å². The molecule has 0 aliphatic heterocycles. The van der Waals surface area contributed by atoms with Crippen molar-refractivity contribution in [2.24, 2.45) is 14.1 Å². The summed E-state index contributed by atoms with van der Waals surface area (Å²) in [6.45, 7) is 1.87. The van der Waals surface area contributed by atoms with Gasteiger partial charge in [-0.25, -0.2) is 9.78 Å². The molecule has 140 valence electrons. The van der Waals surface area contributed by atoms with Crippen LogP contribution in [0.2, 0.25) is 5.02 Å². The van der Waals surface area contributed by atoms with Crippen LogP contribution >= 0.6 is 11.6 Å². The normalized spacial score (nSPS) is 12.1. The lowest BCUT2D eigenvalue weighted by Gasteiger charge is -2.15. The summed E-state index contributed by atoms with van der Waals surface area (Å²) in [5, 5.41) is 3.79. The number of aromatic nitrogens is 3. The lowest BCUT2D eigenvalue weighted by atomic mass is 10.1. The third kappa shape index (κ3) is 3.64. The quantitative estimate of drug-likeness (QED) is 0.738. The average molecular weight is 387 g/mol. The standard InChI is InChI=1S/C19H19ClN4O3/c1-11(10-12-6-4-5-7-14(12)20)21-17(25)15-9-8-13-16(22-15)23(2)19(27)24(3)18(13)26/h4-9,11H,10H2,1-3H3,(H,21,25)/t11-/m1/s1. The summed E-state index contributed by atoms with van der Waals surface area (Å²) < 4.78 is 2.26. The molecule has 0 unspecified atom stereocenters. The second-order valence-electron chi connectivity index (χ2n) is 6.44. The van der Waals surface area contributed by atoms with E-state index in [2.05, 4.69) is 10.3 Å². The van der Waals surface area contributed by atoms with E-state index in [1.54, 1.807) is 6.07 Å². The van der Waals surface area contributed by atoms with Crippen molar-refractivity contribution >= 4 is 28.5 Å². The van der Waals surface area contributed by atoms with E-state index in [0.29, 0.717) is 11.4 Å². The molecule has 0 spiro atoms. The topological polar surface area (TPSA) is 86.0 Å². The Kier molecular flexibility index (Phi) is 5.14. The van der Waals surface area contributed by atoms with Crippen LogP contribution in [0, 0.1) is 0 Å². The van der Waals surface area contributed by atoms with Crippen molar-refractivity contribution in [3.63, 3.8) is 0 Å². The van der Waals surface area contributed by atoms with Crippen LogP contribution in [-0.4, -0.2) is 26.1 Å². The van der Waals surface area contributed by atoms with Crippen molar-refractivity contribution in [1.82, 2.24) is 19.4 Å². The number of carbonyl (C=O) groups is 1. The van der Waals surface area contributed by atoms with Crippen molar-refractivity contribution in [2.75, 3.05) is 0 Å². The highest BCUT2D eigenvalue weighted by Crippen LogP contribution is 2.16. The maximum Gasteiger partial charge on any atom is 0.332 e. The van der Waals surface area contributed by atoms with Crippen molar-refractivity contribution in [1.29, 1.82) is 0 Å². The lowest BCUT2D eigenvalue weighted by Crippen LogP contribution is -2.38. The molecule has 0 fully saturated rings. The zero-order chi connectivity index (χ0) is 19.7. The molecule has 8 heteroatoms. The Morgan fingerprint density at radius 1 is 1.15 bits per heavy atom. The highest BCUT2D eigenvalue weighted by molar-refractivity contribution is 6.31. The summed E-state index contributed by atoms with van der Waals surface area (Å²) >= 11 is 6.16. The maximum absolute atomic E-state index is 12.5. The fourth-order valence-corrected chi connectivity index (χ4v) is 3.14. The summed E-state index contributed by atoms with van der Waals surface area (Å²) in [6, 6.07) is 10.3. The third-order valence-electron chi connectivity index (χ3n) is 4.40. The number of aryl methyl sites for hydroxylation is 1. The first-order valence-corrected chi connectivity index (χ1v) is 8.78. The predicted octanol–water partition coefficient (Wildman–Crippen LogP) is 1.65. The molecule has 1 amide bonds. The molecule has 2 heterocycles. The van der Waals surface area contributed by atoms with Crippen LogP contribution in [0.3, 0.4) is 0 Å². The maximum atomic E-state index is 12.5. The fraction of sp³-hybridized carbons (Fsp3) is 0.263. The Hall–Kier alpha value is -2.93. The summed E-state index contributed by atoms with van der Waals surface area (Å²) in [5.74, 6) is -0.385. The molecule has 0 bridgehead atoms. The van der Waals surface area contributed by atoms with E-state index in [1.165, 1.54) is 30.8 Å². The van der Waals surface area contributed by atoms with Crippen molar-refractivity contribution in [3.8, 4) is 0 Å². The second kappa shape index (κ2) is 7.36. The number of nitrogens with zero attached hydrogens (tertiary/aromatic N) is 3. The summed E-state index contributed by atoms with van der Waals surface area (Å²) in [5.41, 5.74) is 0.305. The molecule has 0 saturated heterocycles. The van der Waals surface area contributed by atoms with E-state index >= 15 is 0 Å². The van der Waals surface area contributed by atoms with E-state index in [4.69, 9.17) is 11.6 Å². The number of benzene rings is 1. The zero-order valence-electron chi connectivity index (χ0n) is 15.2. The molecular formula is C19H19ClN4O3. The molecule has 1 N–H and O–H groups in total. The zero-order valence-corrected chi connectivity index (χ0v) is 15.9. The minimum atomic E-state index is -0.496. The Labute approximate surface area is 160 Å².